The first-order valence-corrected chi connectivity index (χ1v) is 5.97. The molecule has 0 aliphatic rings. The van der Waals surface area contributed by atoms with Gasteiger partial charge in [0, 0.05) is 15.5 Å². The average molecular weight is 269 g/mol. The van der Waals surface area contributed by atoms with Crippen LogP contribution in [0.15, 0.2) is 58.3 Å². The van der Waals surface area contributed by atoms with E-state index in [9.17, 15) is 13.2 Å². The molecule has 0 atom stereocenters. The van der Waals surface area contributed by atoms with E-state index in [0.717, 1.165) is 17.0 Å². The first kappa shape index (κ1) is 12.8. The highest BCUT2D eigenvalue weighted by Gasteiger charge is 2.30. The van der Waals surface area contributed by atoms with Gasteiger partial charge in [-0.3, -0.25) is 0 Å². The van der Waals surface area contributed by atoms with Crippen molar-refractivity contribution >= 4 is 17.4 Å². The van der Waals surface area contributed by atoms with Crippen molar-refractivity contribution in [3.05, 3.63) is 54.1 Å². The third-order valence-corrected chi connectivity index (χ3v) is 3.27. The molecule has 0 aliphatic heterocycles. The number of benzene rings is 2. The quantitative estimate of drug-likeness (QED) is 0.816. The molecule has 0 heterocycles. The third-order valence-electron chi connectivity index (χ3n) is 2.28. The molecule has 2 aromatic rings. The highest BCUT2D eigenvalue weighted by atomic mass is 32.2. The van der Waals surface area contributed by atoms with Crippen molar-refractivity contribution in [2.24, 2.45) is 0 Å². The lowest BCUT2D eigenvalue weighted by Crippen LogP contribution is -2.04. The summed E-state index contributed by atoms with van der Waals surface area (Å²) in [5, 5.41) is 0. The second-order valence-electron chi connectivity index (χ2n) is 3.70. The standard InChI is InChI=1S/C13H10F3NS/c14-13(15,16)9-2-1-3-12(8-9)18-11-6-4-10(17)5-7-11/h1-8H,17H2. The number of halogens is 3. The minimum Gasteiger partial charge on any atom is -0.399 e. The highest BCUT2D eigenvalue weighted by molar-refractivity contribution is 7.99. The van der Waals surface area contributed by atoms with E-state index in [0.29, 0.717) is 10.6 Å². The van der Waals surface area contributed by atoms with E-state index in [2.05, 4.69) is 0 Å². The van der Waals surface area contributed by atoms with Crippen LogP contribution >= 0.6 is 11.8 Å². The molecule has 2 N–H and O–H groups in total. The van der Waals surface area contributed by atoms with E-state index in [4.69, 9.17) is 5.73 Å². The van der Waals surface area contributed by atoms with Gasteiger partial charge in [0.2, 0.25) is 0 Å². The molecule has 0 amide bonds. The predicted octanol–water partition coefficient (Wildman–Crippen LogP) is 4.44. The van der Waals surface area contributed by atoms with Crippen LogP contribution in [0.1, 0.15) is 5.56 Å². The Bertz CT molecular complexity index is 535. The fourth-order valence-corrected chi connectivity index (χ4v) is 2.28. The molecule has 0 bridgehead atoms. The number of hydrogen-bond donors (Lipinski definition) is 1. The largest absolute Gasteiger partial charge is 0.416 e. The summed E-state index contributed by atoms with van der Waals surface area (Å²) in [6, 6.07) is 12.2. The molecule has 0 aromatic heterocycles. The summed E-state index contributed by atoms with van der Waals surface area (Å²) in [6.45, 7) is 0. The van der Waals surface area contributed by atoms with Crippen molar-refractivity contribution in [2.75, 3.05) is 5.73 Å². The smallest absolute Gasteiger partial charge is 0.399 e. The second-order valence-corrected chi connectivity index (χ2v) is 4.84. The van der Waals surface area contributed by atoms with Crippen LogP contribution in [0.5, 0.6) is 0 Å². The Balaban J connectivity index is 2.22. The zero-order valence-corrected chi connectivity index (χ0v) is 10.1. The number of nitrogens with two attached hydrogens (primary N) is 1. The molecule has 0 saturated carbocycles. The number of alkyl halides is 3. The molecule has 18 heavy (non-hydrogen) atoms. The summed E-state index contributed by atoms with van der Waals surface area (Å²) in [5.74, 6) is 0. The number of nitrogen functional groups attached to an aromatic ring is 1. The Kier molecular flexibility index (Phi) is 3.52. The van der Waals surface area contributed by atoms with Gasteiger partial charge >= 0.3 is 6.18 Å². The van der Waals surface area contributed by atoms with Gasteiger partial charge in [0.05, 0.1) is 5.56 Å². The third kappa shape index (κ3) is 3.20. The van der Waals surface area contributed by atoms with Crippen LogP contribution in [-0.4, -0.2) is 0 Å². The van der Waals surface area contributed by atoms with Crippen LogP contribution in [0.4, 0.5) is 18.9 Å². The van der Waals surface area contributed by atoms with Crippen molar-refractivity contribution in [1.29, 1.82) is 0 Å². The minimum absolute atomic E-state index is 0.551. The molecule has 5 heteroatoms. The minimum atomic E-state index is -4.31. The SMILES string of the molecule is Nc1ccc(Sc2cccc(C(F)(F)F)c2)cc1. The molecule has 2 aromatic carbocycles. The van der Waals surface area contributed by atoms with E-state index < -0.39 is 11.7 Å². The van der Waals surface area contributed by atoms with Gasteiger partial charge < -0.3 is 5.73 Å². The predicted molar refractivity (Wildman–Crippen MR) is 66.4 cm³/mol. The normalized spacial score (nSPS) is 11.5. The molecule has 0 fully saturated rings. The summed E-state index contributed by atoms with van der Waals surface area (Å²) in [6.07, 6.45) is -4.31. The molecule has 0 radical (unpaired) electrons. The van der Waals surface area contributed by atoms with Crippen molar-refractivity contribution in [1.82, 2.24) is 0 Å². The van der Waals surface area contributed by atoms with Crippen molar-refractivity contribution in [2.45, 2.75) is 16.0 Å². The van der Waals surface area contributed by atoms with Crippen LogP contribution < -0.4 is 5.73 Å². The summed E-state index contributed by atoms with van der Waals surface area (Å²) in [4.78, 5) is 1.40. The van der Waals surface area contributed by atoms with Crippen LogP contribution in [0.3, 0.4) is 0 Å². The molecule has 0 spiro atoms. The Morgan fingerprint density at radius 2 is 1.56 bits per heavy atom. The van der Waals surface area contributed by atoms with Gasteiger partial charge in [-0.15, -0.1) is 0 Å². The molecule has 0 aliphatic carbocycles. The first-order valence-electron chi connectivity index (χ1n) is 5.16. The van der Waals surface area contributed by atoms with E-state index in [1.165, 1.54) is 17.8 Å². The highest BCUT2D eigenvalue weighted by Crippen LogP contribution is 2.34. The lowest BCUT2D eigenvalue weighted by molar-refractivity contribution is -0.137. The maximum atomic E-state index is 12.5. The Hall–Kier alpha value is -1.62. The molecule has 1 nitrogen and oxygen atoms in total. The molecular weight excluding hydrogens is 259 g/mol. The molecule has 0 saturated heterocycles. The van der Waals surface area contributed by atoms with Crippen LogP contribution in [0.2, 0.25) is 0 Å². The van der Waals surface area contributed by atoms with E-state index in [-0.39, 0.29) is 0 Å². The molecular formula is C13H10F3NS. The summed E-state index contributed by atoms with van der Waals surface area (Å²) >= 11 is 1.27. The monoisotopic (exact) mass is 269 g/mol. The van der Waals surface area contributed by atoms with Gasteiger partial charge in [0.1, 0.15) is 0 Å². The first-order chi connectivity index (χ1) is 8.45. The molecule has 2 rings (SSSR count). The molecule has 0 unspecified atom stereocenters. The van der Waals surface area contributed by atoms with Crippen molar-refractivity contribution in [3.63, 3.8) is 0 Å². The van der Waals surface area contributed by atoms with Gasteiger partial charge in [-0.2, -0.15) is 13.2 Å². The average Bonchev–Trinajstić information content (AvgIpc) is 2.31. The maximum Gasteiger partial charge on any atom is 0.416 e. The van der Waals surface area contributed by atoms with Crippen molar-refractivity contribution < 1.29 is 13.2 Å². The van der Waals surface area contributed by atoms with E-state index >= 15 is 0 Å². The number of hydrogen-bond acceptors (Lipinski definition) is 2. The van der Waals surface area contributed by atoms with Crippen LogP contribution in [-0.2, 0) is 6.18 Å². The topological polar surface area (TPSA) is 26.0 Å². The number of anilines is 1. The maximum absolute atomic E-state index is 12.5. The van der Waals surface area contributed by atoms with Crippen LogP contribution in [0.25, 0.3) is 0 Å². The lowest BCUT2D eigenvalue weighted by Gasteiger charge is -2.08. The summed E-state index contributed by atoms with van der Waals surface area (Å²) < 4.78 is 37.6. The lowest BCUT2D eigenvalue weighted by atomic mass is 10.2. The van der Waals surface area contributed by atoms with E-state index in [1.807, 2.05) is 0 Å². The summed E-state index contributed by atoms with van der Waals surface area (Å²) in [7, 11) is 0. The Labute approximate surface area is 107 Å². The van der Waals surface area contributed by atoms with Crippen LogP contribution in [0, 0.1) is 0 Å². The Morgan fingerprint density at radius 3 is 2.17 bits per heavy atom. The Morgan fingerprint density at radius 1 is 0.889 bits per heavy atom. The van der Waals surface area contributed by atoms with Gasteiger partial charge in [-0.05, 0) is 42.5 Å². The van der Waals surface area contributed by atoms with Gasteiger partial charge in [0.15, 0.2) is 0 Å². The molecule has 94 valence electrons. The number of rotatable bonds is 2. The van der Waals surface area contributed by atoms with Gasteiger partial charge in [-0.1, -0.05) is 17.8 Å². The fourth-order valence-electron chi connectivity index (χ4n) is 1.41. The zero-order valence-electron chi connectivity index (χ0n) is 9.24. The van der Waals surface area contributed by atoms with Gasteiger partial charge in [0.25, 0.3) is 0 Å². The second kappa shape index (κ2) is 4.94. The summed E-state index contributed by atoms with van der Waals surface area (Å²) in [5.41, 5.74) is 5.54. The van der Waals surface area contributed by atoms with E-state index in [1.54, 1.807) is 30.3 Å². The van der Waals surface area contributed by atoms with Crippen molar-refractivity contribution in [3.8, 4) is 0 Å². The zero-order chi connectivity index (χ0) is 13.2. The van der Waals surface area contributed by atoms with Gasteiger partial charge in [-0.25, -0.2) is 0 Å². The fraction of sp³-hybridized carbons (Fsp3) is 0.0769.